The number of fused-ring (bicyclic) bond motifs is 1. The van der Waals surface area contributed by atoms with E-state index in [0.717, 1.165) is 38.5 Å². The van der Waals surface area contributed by atoms with Crippen LogP contribution in [-0.2, 0) is 11.2 Å². The van der Waals surface area contributed by atoms with Crippen molar-refractivity contribution in [3.8, 4) is 5.75 Å². The van der Waals surface area contributed by atoms with Crippen LogP contribution >= 0.6 is 11.6 Å². The summed E-state index contributed by atoms with van der Waals surface area (Å²) in [5, 5.41) is 3.38. The zero-order chi connectivity index (χ0) is 23.3. The zero-order valence-electron chi connectivity index (χ0n) is 18.7. The van der Waals surface area contributed by atoms with E-state index in [9.17, 15) is 14.0 Å². The predicted molar refractivity (Wildman–Crippen MR) is 126 cm³/mol. The van der Waals surface area contributed by atoms with Gasteiger partial charge in [-0.2, -0.15) is 0 Å². The van der Waals surface area contributed by atoms with Crippen LogP contribution in [0.3, 0.4) is 0 Å². The van der Waals surface area contributed by atoms with E-state index in [2.05, 4.69) is 5.32 Å². The van der Waals surface area contributed by atoms with Crippen molar-refractivity contribution in [2.75, 3.05) is 26.2 Å². The van der Waals surface area contributed by atoms with Crippen molar-refractivity contribution in [2.24, 2.45) is 5.41 Å². The topological polar surface area (TPSA) is 58.6 Å². The monoisotopic (exact) mass is 472 g/mol. The Kier molecular flexibility index (Phi) is 7.53. The molecule has 2 amide bonds. The lowest BCUT2D eigenvalue weighted by molar-refractivity contribution is -0.134. The van der Waals surface area contributed by atoms with E-state index in [0.29, 0.717) is 37.6 Å². The van der Waals surface area contributed by atoms with Gasteiger partial charge in [-0.1, -0.05) is 42.6 Å². The molecule has 0 aliphatic carbocycles. The van der Waals surface area contributed by atoms with Crippen LogP contribution in [0, 0.1) is 11.2 Å². The number of rotatable bonds is 2. The largest absolute Gasteiger partial charge is 0.493 e. The molecule has 2 aliphatic heterocycles. The highest BCUT2D eigenvalue weighted by atomic mass is 35.5. The molecule has 176 valence electrons. The smallest absolute Gasteiger partial charge is 0.255 e. The van der Waals surface area contributed by atoms with Crippen LogP contribution in [0.4, 0.5) is 4.39 Å². The molecule has 0 radical (unpaired) electrons. The number of hydrogen-bond acceptors (Lipinski definition) is 3. The van der Waals surface area contributed by atoms with E-state index in [4.69, 9.17) is 16.3 Å². The van der Waals surface area contributed by atoms with E-state index in [1.807, 2.05) is 23.1 Å². The van der Waals surface area contributed by atoms with Crippen molar-refractivity contribution in [1.82, 2.24) is 10.2 Å². The van der Waals surface area contributed by atoms with Crippen molar-refractivity contribution >= 4 is 23.4 Å². The number of para-hydroxylation sites is 1. The summed E-state index contributed by atoms with van der Waals surface area (Å²) in [4.78, 5) is 27.9. The van der Waals surface area contributed by atoms with Gasteiger partial charge in [0.2, 0.25) is 5.91 Å². The molecule has 1 spiro atoms. The Bertz CT molecular complexity index is 995. The Balaban J connectivity index is 1.50. The first-order valence-electron chi connectivity index (χ1n) is 11.7. The van der Waals surface area contributed by atoms with Crippen LogP contribution in [-0.4, -0.2) is 43.0 Å². The number of nitrogens with zero attached hydrogens (tertiary/aromatic N) is 1. The van der Waals surface area contributed by atoms with Crippen LogP contribution < -0.4 is 10.1 Å². The number of likely N-dealkylation sites (tertiary alicyclic amines) is 1. The first kappa shape index (κ1) is 23.6. The summed E-state index contributed by atoms with van der Waals surface area (Å²) in [6, 6.07) is 11.8. The van der Waals surface area contributed by atoms with Gasteiger partial charge in [0.05, 0.1) is 18.6 Å². The summed E-state index contributed by atoms with van der Waals surface area (Å²) in [7, 11) is 0. The number of carbonyl (C=O) groups is 2. The second-order valence-electron chi connectivity index (χ2n) is 9.13. The SMILES string of the molecule is O=C1NCC2(CCCCCOc3ccccc31)CCCN(C(=O)Cc1c(F)cccc1Cl)C2. The minimum atomic E-state index is -0.457. The lowest BCUT2D eigenvalue weighted by atomic mass is 9.75. The summed E-state index contributed by atoms with van der Waals surface area (Å²) < 4.78 is 20.1. The fourth-order valence-corrected chi connectivity index (χ4v) is 5.16. The van der Waals surface area contributed by atoms with Crippen LogP contribution in [0.5, 0.6) is 5.75 Å². The maximum absolute atomic E-state index is 14.2. The predicted octanol–water partition coefficient (Wildman–Crippen LogP) is 5.01. The van der Waals surface area contributed by atoms with E-state index in [1.165, 1.54) is 12.1 Å². The van der Waals surface area contributed by atoms with Crippen LogP contribution in [0.1, 0.15) is 54.4 Å². The Morgan fingerprint density at radius 3 is 2.76 bits per heavy atom. The standard InChI is InChI=1S/C26H30ClFN2O3/c27-21-9-6-10-22(28)20(21)16-24(31)30-14-7-13-26(18-30)12-4-1-5-15-33-23-11-3-2-8-19(23)25(32)29-17-26/h2-3,6,8-11H,1,4-5,7,12-18H2,(H,29,32). The van der Waals surface area contributed by atoms with Gasteiger partial charge in [-0.15, -0.1) is 0 Å². The number of benzene rings is 2. The van der Waals surface area contributed by atoms with E-state index in [1.54, 1.807) is 12.1 Å². The molecule has 0 saturated carbocycles. The molecule has 7 heteroatoms. The second-order valence-corrected chi connectivity index (χ2v) is 9.54. The molecule has 2 aliphatic rings. The average molecular weight is 473 g/mol. The summed E-state index contributed by atoms with van der Waals surface area (Å²) in [6.45, 7) is 2.25. The normalized spacial score (nSPS) is 21.9. The lowest BCUT2D eigenvalue weighted by Crippen LogP contribution is -2.51. The lowest BCUT2D eigenvalue weighted by Gasteiger charge is -2.43. The number of piperidine rings is 1. The Labute approximate surface area is 199 Å². The molecular formula is C26H30ClFN2O3. The molecule has 1 unspecified atom stereocenters. The van der Waals surface area contributed by atoms with Gasteiger partial charge in [0.25, 0.3) is 5.91 Å². The van der Waals surface area contributed by atoms with Gasteiger partial charge in [0.15, 0.2) is 0 Å². The first-order valence-corrected chi connectivity index (χ1v) is 12.1. The molecule has 4 rings (SSSR count). The highest BCUT2D eigenvalue weighted by Crippen LogP contribution is 2.36. The summed E-state index contributed by atoms with van der Waals surface area (Å²) in [5.41, 5.74) is 0.580. The minimum Gasteiger partial charge on any atom is -0.493 e. The zero-order valence-corrected chi connectivity index (χ0v) is 19.5. The molecule has 1 N–H and O–H groups in total. The highest BCUT2D eigenvalue weighted by molar-refractivity contribution is 6.31. The van der Waals surface area contributed by atoms with Crippen LogP contribution in [0.15, 0.2) is 42.5 Å². The molecule has 1 atom stereocenters. The van der Waals surface area contributed by atoms with Crippen molar-refractivity contribution in [3.05, 3.63) is 64.4 Å². The van der Waals surface area contributed by atoms with Gasteiger partial charge in [-0.25, -0.2) is 4.39 Å². The van der Waals surface area contributed by atoms with Crippen molar-refractivity contribution in [1.29, 1.82) is 0 Å². The molecule has 1 fully saturated rings. The van der Waals surface area contributed by atoms with Gasteiger partial charge in [0, 0.05) is 35.6 Å². The summed E-state index contributed by atoms with van der Waals surface area (Å²) >= 11 is 6.15. The first-order chi connectivity index (χ1) is 16.0. The number of nitrogens with one attached hydrogen (secondary N) is 1. The number of halogens is 2. The molecule has 0 aromatic heterocycles. The van der Waals surface area contributed by atoms with Crippen LogP contribution in [0.25, 0.3) is 0 Å². The summed E-state index contributed by atoms with van der Waals surface area (Å²) in [6.07, 6.45) is 5.60. The molecule has 33 heavy (non-hydrogen) atoms. The Morgan fingerprint density at radius 2 is 1.91 bits per heavy atom. The van der Waals surface area contributed by atoms with E-state index < -0.39 is 5.82 Å². The molecule has 5 nitrogen and oxygen atoms in total. The van der Waals surface area contributed by atoms with Crippen molar-refractivity contribution < 1.29 is 18.7 Å². The van der Waals surface area contributed by atoms with E-state index >= 15 is 0 Å². The maximum atomic E-state index is 14.2. The van der Waals surface area contributed by atoms with E-state index in [-0.39, 0.29) is 34.2 Å². The quantitative estimate of drug-likeness (QED) is 0.668. The molecule has 2 aromatic rings. The number of carbonyl (C=O) groups excluding carboxylic acids is 2. The van der Waals surface area contributed by atoms with Crippen molar-refractivity contribution in [2.45, 2.75) is 44.9 Å². The highest BCUT2D eigenvalue weighted by Gasteiger charge is 2.37. The van der Waals surface area contributed by atoms with Crippen molar-refractivity contribution in [3.63, 3.8) is 0 Å². The van der Waals surface area contributed by atoms with Gasteiger partial charge in [0.1, 0.15) is 11.6 Å². The third-order valence-electron chi connectivity index (χ3n) is 6.77. The van der Waals surface area contributed by atoms with Gasteiger partial charge in [-0.05, 0) is 49.9 Å². The molecule has 0 bridgehead atoms. The average Bonchev–Trinajstić information content (AvgIpc) is 2.82. The van der Waals surface area contributed by atoms with Gasteiger partial charge >= 0.3 is 0 Å². The molecule has 2 heterocycles. The number of ether oxygens (including phenoxy) is 1. The minimum absolute atomic E-state index is 0.0569. The molecule has 1 saturated heterocycles. The Morgan fingerprint density at radius 1 is 1.09 bits per heavy atom. The van der Waals surface area contributed by atoms with Crippen LogP contribution in [0.2, 0.25) is 5.02 Å². The number of amides is 2. The second kappa shape index (κ2) is 10.6. The molecule has 2 aromatic carbocycles. The maximum Gasteiger partial charge on any atom is 0.255 e. The van der Waals surface area contributed by atoms with Gasteiger partial charge in [-0.3, -0.25) is 9.59 Å². The third kappa shape index (κ3) is 5.67. The fourth-order valence-electron chi connectivity index (χ4n) is 4.93. The molecular weight excluding hydrogens is 443 g/mol. The number of hydrogen-bond donors (Lipinski definition) is 1. The third-order valence-corrected chi connectivity index (χ3v) is 7.12. The Hall–Kier alpha value is -2.60. The fraction of sp³-hybridized carbons (Fsp3) is 0.462. The summed E-state index contributed by atoms with van der Waals surface area (Å²) in [5.74, 6) is -0.141. The van der Waals surface area contributed by atoms with Gasteiger partial charge < -0.3 is 15.0 Å².